The van der Waals surface area contributed by atoms with Gasteiger partial charge in [-0.2, -0.15) is 5.10 Å². The third kappa shape index (κ3) is 3.78. The third-order valence-corrected chi connectivity index (χ3v) is 3.13. The van der Waals surface area contributed by atoms with E-state index in [0.717, 1.165) is 24.9 Å². The topological polar surface area (TPSA) is 34.9 Å². The molecule has 0 atom stereocenters. The van der Waals surface area contributed by atoms with Crippen molar-refractivity contribution in [2.24, 2.45) is 0 Å². The molecule has 0 fully saturated rings. The van der Waals surface area contributed by atoms with Crippen molar-refractivity contribution < 1.29 is 4.79 Å². The number of carbonyl (C=O) groups excluding carboxylic acids is 1. The lowest BCUT2D eigenvalue weighted by Crippen LogP contribution is -2.01. The molecule has 0 aliphatic rings. The molecule has 2 aromatic rings. The Morgan fingerprint density at radius 3 is 2.95 bits per heavy atom. The van der Waals surface area contributed by atoms with Gasteiger partial charge in [-0.3, -0.25) is 9.48 Å². The summed E-state index contributed by atoms with van der Waals surface area (Å²) in [5.41, 5.74) is 3.18. The number of benzene rings is 1. The quantitative estimate of drug-likeness (QED) is 0.742. The van der Waals surface area contributed by atoms with Crippen molar-refractivity contribution in [2.45, 2.75) is 39.7 Å². The second kappa shape index (κ2) is 6.32. The van der Waals surface area contributed by atoms with Crippen LogP contribution in [0.1, 0.15) is 41.3 Å². The van der Waals surface area contributed by atoms with E-state index in [1.165, 1.54) is 11.1 Å². The Hall–Kier alpha value is -1.90. The van der Waals surface area contributed by atoms with Crippen LogP contribution >= 0.6 is 0 Å². The van der Waals surface area contributed by atoms with Gasteiger partial charge in [0.15, 0.2) is 5.78 Å². The Morgan fingerprint density at radius 1 is 1.37 bits per heavy atom. The second-order valence-corrected chi connectivity index (χ2v) is 4.90. The number of hydrogen-bond donors (Lipinski definition) is 0. The Labute approximate surface area is 114 Å². The molecule has 1 aromatic heterocycles. The van der Waals surface area contributed by atoms with Gasteiger partial charge in [0.05, 0.1) is 11.8 Å². The molecule has 1 heterocycles. The minimum absolute atomic E-state index is 0.170. The SMILES string of the molecule is CCCn1cc(C(=O)CCc2cccc(C)c2)cn1. The average Bonchev–Trinajstić information content (AvgIpc) is 2.85. The Morgan fingerprint density at radius 2 is 2.21 bits per heavy atom. The van der Waals surface area contributed by atoms with Gasteiger partial charge in [-0.05, 0) is 25.3 Å². The highest BCUT2D eigenvalue weighted by Crippen LogP contribution is 2.10. The van der Waals surface area contributed by atoms with Gasteiger partial charge >= 0.3 is 0 Å². The van der Waals surface area contributed by atoms with E-state index in [-0.39, 0.29) is 5.78 Å². The normalized spacial score (nSPS) is 10.6. The van der Waals surface area contributed by atoms with Gasteiger partial charge in [-0.25, -0.2) is 0 Å². The van der Waals surface area contributed by atoms with Crippen LogP contribution in [0.25, 0.3) is 0 Å². The summed E-state index contributed by atoms with van der Waals surface area (Å²) in [6, 6.07) is 8.31. The number of nitrogens with zero attached hydrogens (tertiary/aromatic N) is 2. The lowest BCUT2D eigenvalue weighted by molar-refractivity contribution is 0.0982. The maximum Gasteiger partial charge on any atom is 0.166 e. The van der Waals surface area contributed by atoms with E-state index in [1.54, 1.807) is 6.20 Å². The van der Waals surface area contributed by atoms with Crippen LogP contribution in [0.3, 0.4) is 0 Å². The molecule has 0 aliphatic heterocycles. The van der Waals surface area contributed by atoms with Crippen LogP contribution in [0.15, 0.2) is 36.7 Å². The summed E-state index contributed by atoms with van der Waals surface area (Å²) < 4.78 is 1.83. The average molecular weight is 256 g/mol. The van der Waals surface area contributed by atoms with E-state index in [1.807, 2.05) is 16.9 Å². The number of carbonyl (C=O) groups is 1. The van der Waals surface area contributed by atoms with Crippen LogP contribution in [0.4, 0.5) is 0 Å². The second-order valence-electron chi connectivity index (χ2n) is 4.90. The fourth-order valence-electron chi connectivity index (χ4n) is 2.13. The number of aromatic nitrogens is 2. The smallest absolute Gasteiger partial charge is 0.166 e. The molecular formula is C16H20N2O. The molecule has 19 heavy (non-hydrogen) atoms. The van der Waals surface area contributed by atoms with E-state index in [4.69, 9.17) is 0 Å². The number of aryl methyl sites for hydroxylation is 3. The molecule has 0 aliphatic carbocycles. The molecule has 3 nitrogen and oxygen atoms in total. The zero-order chi connectivity index (χ0) is 13.7. The molecule has 0 unspecified atom stereocenters. The molecule has 0 saturated heterocycles. The van der Waals surface area contributed by atoms with Crippen molar-refractivity contribution in [1.29, 1.82) is 0 Å². The number of hydrogen-bond acceptors (Lipinski definition) is 2. The molecular weight excluding hydrogens is 236 g/mol. The van der Waals surface area contributed by atoms with Gasteiger partial charge in [0.2, 0.25) is 0 Å². The largest absolute Gasteiger partial charge is 0.294 e. The first kappa shape index (κ1) is 13.5. The Bertz CT molecular complexity index is 557. The zero-order valence-electron chi connectivity index (χ0n) is 11.6. The fraction of sp³-hybridized carbons (Fsp3) is 0.375. The van der Waals surface area contributed by atoms with Gasteiger partial charge in [0, 0.05) is 19.2 Å². The molecule has 100 valence electrons. The summed E-state index contributed by atoms with van der Waals surface area (Å²) in [7, 11) is 0. The van der Waals surface area contributed by atoms with E-state index in [2.05, 4.69) is 37.1 Å². The zero-order valence-corrected chi connectivity index (χ0v) is 11.6. The molecule has 0 bridgehead atoms. The van der Waals surface area contributed by atoms with Crippen molar-refractivity contribution >= 4 is 5.78 Å². The van der Waals surface area contributed by atoms with E-state index >= 15 is 0 Å². The van der Waals surface area contributed by atoms with Crippen molar-refractivity contribution in [3.63, 3.8) is 0 Å². The highest BCUT2D eigenvalue weighted by atomic mass is 16.1. The van der Waals surface area contributed by atoms with Crippen molar-refractivity contribution in [2.75, 3.05) is 0 Å². The first-order valence-electron chi connectivity index (χ1n) is 6.80. The molecule has 0 saturated carbocycles. The van der Waals surface area contributed by atoms with Gasteiger partial charge in [0.1, 0.15) is 0 Å². The molecule has 1 aromatic carbocycles. The highest BCUT2D eigenvalue weighted by molar-refractivity contribution is 5.95. The van der Waals surface area contributed by atoms with Crippen LogP contribution in [-0.2, 0) is 13.0 Å². The lowest BCUT2D eigenvalue weighted by atomic mass is 10.0. The minimum atomic E-state index is 0.170. The number of ketones is 1. The predicted molar refractivity (Wildman–Crippen MR) is 76.3 cm³/mol. The van der Waals surface area contributed by atoms with Crippen LogP contribution in [0.5, 0.6) is 0 Å². The fourth-order valence-corrected chi connectivity index (χ4v) is 2.13. The van der Waals surface area contributed by atoms with E-state index in [0.29, 0.717) is 6.42 Å². The minimum Gasteiger partial charge on any atom is -0.294 e. The molecule has 2 rings (SSSR count). The first-order chi connectivity index (χ1) is 9.19. The number of rotatable bonds is 6. The van der Waals surface area contributed by atoms with Crippen LogP contribution in [0.2, 0.25) is 0 Å². The van der Waals surface area contributed by atoms with E-state index < -0.39 is 0 Å². The monoisotopic (exact) mass is 256 g/mol. The summed E-state index contributed by atoms with van der Waals surface area (Å²) in [4.78, 5) is 12.1. The predicted octanol–water partition coefficient (Wildman–Crippen LogP) is 3.42. The van der Waals surface area contributed by atoms with Crippen LogP contribution < -0.4 is 0 Å². The molecule has 0 radical (unpaired) electrons. The Balaban J connectivity index is 1.93. The third-order valence-electron chi connectivity index (χ3n) is 3.13. The molecule has 0 spiro atoms. The summed E-state index contributed by atoms with van der Waals surface area (Å²) in [6.45, 7) is 5.03. The number of Topliss-reactive ketones (excluding diaryl/α,β-unsaturated/α-hetero) is 1. The molecule has 3 heteroatoms. The molecule has 0 N–H and O–H groups in total. The maximum absolute atomic E-state index is 12.1. The summed E-state index contributed by atoms with van der Waals surface area (Å²) in [5.74, 6) is 0.170. The van der Waals surface area contributed by atoms with Crippen molar-refractivity contribution in [3.05, 3.63) is 53.3 Å². The highest BCUT2D eigenvalue weighted by Gasteiger charge is 2.08. The lowest BCUT2D eigenvalue weighted by Gasteiger charge is -2.01. The van der Waals surface area contributed by atoms with Crippen molar-refractivity contribution in [3.8, 4) is 0 Å². The Kier molecular flexibility index (Phi) is 4.50. The van der Waals surface area contributed by atoms with Crippen molar-refractivity contribution in [1.82, 2.24) is 9.78 Å². The van der Waals surface area contributed by atoms with Crippen LogP contribution in [-0.4, -0.2) is 15.6 Å². The molecule has 0 amide bonds. The van der Waals surface area contributed by atoms with Gasteiger partial charge in [-0.1, -0.05) is 36.8 Å². The maximum atomic E-state index is 12.1. The first-order valence-corrected chi connectivity index (χ1v) is 6.80. The van der Waals surface area contributed by atoms with Crippen LogP contribution in [0, 0.1) is 6.92 Å². The summed E-state index contributed by atoms with van der Waals surface area (Å²) in [6.07, 6.45) is 5.88. The van der Waals surface area contributed by atoms with Gasteiger partial charge in [0.25, 0.3) is 0 Å². The standard InChI is InChI=1S/C16H20N2O/c1-3-9-18-12-15(11-17-18)16(19)8-7-14-6-4-5-13(2)10-14/h4-6,10-12H,3,7-9H2,1-2H3. The van der Waals surface area contributed by atoms with Gasteiger partial charge < -0.3 is 0 Å². The summed E-state index contributed by atoms with van der Waals surface area (Å²) in [5, 5.41) is 4.19. The van der Waals surface area contributed by atoms with Gasteiger partial charge in [-0.15, -0.1) is 0 Å². The van der Waals surface area contributed by atoms with E-state index in [9.17, 15) is 4.79 Å². The summed E-state index contributed by atoms with van der Waals surface area (Å²) >= 11 is 0.